The minimum atomic E-state index is -0.571. The van der Waals surface area contributed by atoms with Crippen LogP contribution >= 0.6 is 11.6 Å². The van der Waals surface area contributed by atoms with Crippen molar-refractivity contribution < 1.29 is 9.50 Å². The second-order valence-electron chi connectivity index (χ2n) is 8.10. The van der Waals surface area contributed by atoms with Crippen LogP contribution in [0.4, 0.5) is 16.2 Å². The Balaban J connectivity index is 1.80. The number of aromatic nitrogens is 2. The van der Waals surface area contributed by atoms with E-state index in [1.54, 1.807) is 12.1 Å². The van der Waals surface area contributed by atoms with Crippen LogP contribution in [0.3, 0.4) is 0 Å². The fraction of sp³-hybridized carbons (Fsp3) is 0.250. The van der Waals surface area contributed by atoms with E-state index in [-0.39, 0.29) is 33.8 Å². The first-order valence-corrected chi connectivity index (χ1v) is 10.8. The lowest BCUT2D eigenvalue weighted by molar-refractivity contribution is 0.476. The molecule has 3 N–H and O–H groups in total. The maximum atomic E-state index is 16.0. The van der Waals surface area contributed by atoms with Gasteiger partial charge in [0.25, 0.3) is 0 Å². The van der Waals surface area contributed by atoms with Gasteiger partial charge in [0, 0.05) is 23.5 Å². The number of nitrogens with two attached hydrogens (primary N) is 1. The van der Waals surface area contributed by atoms with Gasteiger partial charge in [0.1, 0.15) is 17.1 Å². The molecule has 158 valence electrons. The van der Waals surface area contributed by atoms with Crippen molar-refractivity contribution in [2.24, 2.45) is 0 Å². The first-order valence-electron chi connectivity index (χ1n) is 10.4. The Morgan fingerprint density at radius 2 is 1.94 bits per heavy atom. The first kappa shape index (κ1) is 19.8. The van der Waals surface area contributed by atoms with Crippen LogP contribution in [-0.4, -0.2) is 27.7 Å². The summed E-state index contributed by atoms with van der Waals surface area (Å²) in [6.45, 7) is 2.96. The van der Waals surface area contributed by atoms with E-state index in [9.17, 15) is 5.11 Å². The molecule has 0 spiro atoms. The number of phenolic OH excluding ortho intramolecular Hbond substituents is 1. The van der Waals surface area contributed by atoms with Crippen LogP contribution in [0.15, 0.2) is 42.5 Å². The molecule has 3 aromatic carbocycles. The third kappa shape index (κ3) is 3.31. The van der Waals surface area contributed by atoms with Gasteiger partial charge in [-0.1, -0.05) is 35.9 Å². The second kappa shape index (κ2) is 7.54. The van der Waals surface area contributed by atoms with Crippen molar-refractivity contribution in [3.8, 4) is 16.9 Å². The molecule has 1 fully saturated rings. The lowest BCUT2D eigenvalue weighted by Gasteiger charge is -2.35. The number of hydrogen-bond donors (Lipinski definition) is 2. The number of nitrogen functional groups attached to an aromatic ring is 1. The summed E-state index contributed by atoms with van der Waals surface area (Å²) in [4.78, 5) is 10.8. The lowest BCUT2D eigenvalue weighted by atomic mass is 9.96. The van der Waals surface area contributed by atoms with E-state index in [1.165, 1.54) is 6.07 Å². The fourth-order valence-corrected chi connectivity index (χ4v) is 4.87. The van der Waals surface area contributed by atoms with Crippen LogP contribution < -0.4 is 10.6 Å². The summed E-state index contributed by atoms with van der Waals surface area (Å²) in [6.07, 6.45) is 3.23. The van der Waals surface area contributed by atoms with Crippen molar-refractivity contribution >= 4 is 45.0 Å². The Labute approximate surface area is 184 Å². The third-order valence-corrected chi connectivity index (χ3v) is 6.37. The zero-order valence-electron chi connectivity index (χ0n) is 17.1. The summed E-state index contributed by atoms with van der Waals surface area (Å²) < 4.78 is 16.0. The van der Waals surface area contributed by atoms with E-state index in [4.69, 9.17) is 17.3 Å². The Kier molecular flexibility index (Phi) is 4.82. The topological polar surface area (TPSA) is 75.3 Å². The Morgan fingerprint density at radius 3 is 2.74 bits per heavy atom. The van der Waals surface area contributed by atoms with E-state index in [0.29, 0.717) is 16.8 Å². The van der Waals surface area contributed by atoms with E-state index >= 15 is 4.39 Å². The monoisotopic (exact) mass is 436 g/mol. The Bertz CT molecular complexity index is 1330. The van der Waals surface area contributed by atoms with Crippen LogP contribution in [0.5, 0.6) is 5.75 Å². The van der Waals surface area contributed by atoms with Gasteiger partial charge in [-0.25, -0.2) is 9.37 Å². The van der Waals surface area contributed by atoms with Crippen molar-refractivity contribution in [2.75, 3.05) is 17.2 Å². The molecule has 0 bridgehead atoms. The number of anilines is 2. The molecule has 31 heavy (non-hydrogen) atoms. The summed E-state index contributed by atoms with van der Waals surface area (Å²) >= 11 is 6.66. The summed E-state index contributed by atoms with van der Waals surface area (Å²) in [7, 11) is 0. The molecule has 4 aromatic rings. The van der Waals surface area contributed by atoms with Crippen LogP contribution in [0, 0.1) is 5.82 Å². The maximum Gasteiger partial charge on any atom is 0.222 e. The summed E-state index contributed by atoms with van der Waals surface area (Å²) in [5, 5.41) is 12.6. The summed E-state index contributed by atoms with van der Waals surface area (Å²) in [5.41, 5.74) is 6.83. The molecule has 1 aliphatic rings. The molecule has 5 rings (SSSR count). The van der Waals surface area contributed by atoms with Crippen LogP contribution in [-0.2, 0) is 0 Å². The van der Waals surface area contributed by atoms with Gasteiger partial charge >= 0.3 is 0 Å². The smallest absolute Gasteiger partial charge is 0.222 e. The highest BCUT2D eigenvalue weighted by Crippen LogP contribution is 2.42. The molecule has 0 saturated carbocycles. The number of phenols is 1. The van der Waals surface area contributed by atoms with Crippen molar-refractivity contribution in [2.45, 2.75) is 32.2 Å². The highest BCUT2D eigenvalue weighted by molar-refractivity contribution is 6.35. The average Bonchev–Trinajstić information content (AvgIpc) is 2.74. The quantitative estimate of drug-likeness (QED) is 0.408. The van der Waals surface area contributed by atoms with Crippen LogP contribution in [0.25, 0.3) is 32.8 Å². The molecule has 1 atom stereocenters. The van der Waals surface area contributed by atoms with Gasteiger partial charge in [-0.05, 0) is 60.7 Å². The molecule has 2 heterocycles. The molecule has 0 aliphatic carbocycles. The molecule has 1 saturated heterocycles. The Morgan fingerprint density at radius 1 is 1.13 bits per heavy atom. The largest absolute Gasteiger partial charge is 0.508 e. The highest BCUT2D eigenvalue weighted by Gasteiger charge is 2.26. The standard InChI is InChI=1S/C24H22ClFN4O/c1-13-6-4-5-9-30(13)23-18-12-19(25)20(21(26)22(18)28-24(27)29-23)17-11-15(31)10-14-7-2-3-8-16(14)17/h2-3,7-8,10-13,31H,4-6,9H2,1H3,(H2,27,28,29)/t13-/m0/s1. The molecule has 0 amide bonds. The SMILES string of the molecule is C[C@H]1CCCCN1c1nc(N)nc2c(F)c(-c3cc(O)cc4ccccc34)c(Cl)cc12. The lowest BCUT2D eigenvalue weighted by Crippen LogP contribution is -2.38. The normalized spacial score (nSPS) is 16.9. The maximum absolute atomic E-state index is 16.0. The molecule has 1 aliphatic heterocycles. The highest BCUT2D eigenvalue weighted by atomic mass is 35.5. The van der Waals surface area contributed by atoms with Gasteiger partial charge in [0.2, 0.25) is 5.95 Å². The molecular formula is C24H22ClFN4O. The van der Waals surface area contributed by atoms with E-state index in [2.05, 4.69) is 21.8 Å². The number of nitrogens with zero attached hydrogens (tertiary/aromatic N) is 3. The Hall–Kier alpha value is -3.12. The van der Waals surface area contributed by atoms with Crippen LogP contribution in [0.2, 0.25) is 5.02 Å². The fourth-order valence-electron chi connectivity index (χ4n) is 4.58. The van der Waals surface area contributed by atoms with Crippen molar-refractivity contribution in [3.05, 3.63) is 53.3 Å². The molecule has 1 aromatic heterocycles. The number of hydrogen-bond acceptors (Lipinski definition) is 5. The third-order valence-electron chi connectivity index (χ3n) is 6.07. The average molecular weight is 437 g/mol. The molecule has 7 heteroatoms. The van der Waals surface area contributed by atoms with Crippen molar-refractivity contribution in [1.29, 1.82) is 0 Å². The van der Waals surface area contributed by atoms with E-state index in [1.807, 2.05) is 24.3 Å². The van der Waals surface area contributed by atoms with Gasteiger partial charge in [0.05, 0.1) is 5.02 Å². The number of piperidine rings is 1. The zero-order chi connectivity index (χ0) is 21.7. The van der Waals surface area contributed by atoms with E-state index < -0.39 is 5.82 Å². The summed E-state index contributed by atoms with van der Waals surface area (Å²) in [5.74, 6) is 0.101. The second-order valence-corrected chi connectivity index (χ2v) is 8.51. The zero-order valence-corrected chi connectivity index (χ0v) is 17.8. The molecule has 0 radical (unpaired) electrons. The minimum absolute atomic E-state index is 0.0215. The molecule has 0 unspecified atom stereocenters. The molecule has 5 nitrogen and oxygen atoms in total. The van der Waals surface area contributed by atoms with Gasteiger partial charge in [-0.3, -0.25) is 0 Å². The number of benzene rings is 3. The van der Waals surface area contributed by atoms with Gasteiger partial charge in [-0.15, -0.1) is 0 Å². The number of rotatable bonds is 2. The van der Waals surface area contributed by atoms with Gasteiger partial charge < -0.3 is 15.7 Å². The number of fused-ring (bicyclic) bond motifs is 2. The first-order chi connectivity index (χ1) is 14.9. The van der Waals surface area contributed by atoms with Gasteiger partial charge in [0.15, 0.2) is 5.82 Å². The van der Waals surface area contributed by atoms with Crippen molar-refractivity contribution in [3.63, 3.8) is 0 Å². The van der Waals surface area contributed by atoms with E-state index in [0.717, 1.165) is 36.6 Å². The summed E-state index contributed by atoms with van der Waals surface area (Å²) in [6, 6.07) is 12.6. The predicted molar refractivity (Wildman–Crippen MR) is 124 cm³/mol. The van der Waals surface area contributed by atoms with Gasteiger partial charge in [-0.2, -0.15) is 4.98 Å². The van der Waals surface area contributed by atoms with Crippen LogP contribution in [0.1, 0.15) is 26.2 Å². The number of aromatic hydroxyl groups is 1. The molecular weight excluding hydrogens is 415 g/mol. The van der Waals surface area contributed by atoms with Crippen molar-refractivity contribution in [1.82, 2.24) is 9.97 Å². The minimum Gasteiger partial charge on any atom is -0.508 e. The number of halogens is 2. The predicted octanol–water partition coefficient (Wildman–Crippen LogP) is 5.91.